The van der Waals surface area contributed by atoms with Gasteiger partial charge >= 0.3 is 0 Å². The molecule has 0 aromatic heterocycles. The molecule has 1 aromatic rings. The average molecular weight is 326 g/mol. The summed E-state index contributed by atoms with van der Waals surface area (Å²) >= 11 is 2.35. The zero-order valence-corrected chi connectivity index (χ0v) is 11.5. The summed E-state index contributed by atoms with van der Waals surface area (Å²) in [5, 5.41) is 0. The second-order valence-corrected chi connectivity index (χ2v) is 4.60. The van der Waals surface area contributed by atoms with Gasteiger partial charge in [-0.3, -0.25) is 0 Å². The Morgan fingerprint density at radius 1 is 1.36 bits per heavy atom. The van der Waals surface area contributed by atoms with E-state index in [0.29, 0.717) is 5.92 Å². The molecule has 1 unspecified atom stereocenters. The first-order valence-electron chi connectivity index (χ1n) is 4.66. The molecule has 0 aliphatic heterocycles. The van der Waals surface area contributed by atoms with Crippen LogP contribution in [0.5, 0.6) is 0 Å². The first-order valence-corrected chi connectivity index (χ1v) is 5.74. The summed E-state index contributed by atoms with van der Waals surface area (Å²) in [5.74, 6) is 0.552. The van der Waals surface area contributed by atoms with Gasteiger partial charge in [0.2, 0.25) is 0 Å². The summed E-state index contributed by atoms with van der Waals surface area (Å²) < 4.78 is 1.27. The van der Waals surface area contributed by atoms with Crippen LogP contribution < -0.4 is 5.73 Å². The van der Waals surface area contributed by atoms with Crippen molar-refractivity contribution in [2.24, 2.45) is 11.7 Å². The summed E-state index contributed by atoms with van der Waals surface area (Å²) in [5.41, 5.74) is 7.42. The Balaban J connectivity index is 0.00000169. The molecule has 2 N–H and O–H groups in total. The van der Waals surface area contributed by atoms with Gasteiger partial charge in [-0.1, -0.05) is 38.5 Å². The molecule has 0 saturated carbocycles. The Morgan fingerprint density at radius 2 is 1.93 bits per heavy atom. The normalized spacial score (nSPS) is 14.3. The average Bonchev–Trinajstić information content (AvgIpc) is 2.16. The van der Waals surface area contributed by atoms with E-state index in [2.05, 4.69) is 60.7 Å². The fraction of sp³-hybridized carbons (Fsp3) is 0.455. The van der Waals surface area contributed by atoms with Crippen LogP contribution in [0.3, 0.4) is 0 Å². The fourth-order valence-electron chi connectivity index (χ4n) is 1.31. The lowest BCUT2D eigenvalue weighted by molar-refractivity contribution is 0.455. The zero-order valence-electron chi connectivity index (χ0n) is 8.53. The van der Waals surface area contributed by atoms with Gasteiger partial charge in [0.1, 0.15) is 0 Å². The van der Waals surface area contributed by atoms with Crippen LogP contribution in [0.1, 0.15) is 31.9 Å². The standard InChI is InChI=1S/C11H16IN.ClH/c1-3-8(2)11(13)9-6-4-5-7-10(9)12;/h4-8,11H,3,13H2,1-2H3;1H/t8?,11-;/m0./s1. The van der Waals surface area contributed by atoms with Gasteiger partial charge in [0, 0.05) is 9.61 Å². The summed E-state index contributed by atoms with van der Waals surface area (Å²) in [7, 11) is 0. The Morgan fingerprint density at radius 3 is 2.43 bits per heavy atom. The van der Waals surface area contributed by atoms with E-state index in [1.165, 1.54) is 9.13 Å². The second kappa shape index (κ2) is 6.64. The predicted octanol–water partition coefficient (Wildman–Crippen LogP) is 3.76. The lowest BCUT2D eigenvalue weighted by Crippen LogP contribution is -2.19. The summed E-state index contributed by atoms with van der Waals surface area (Å²) in [4.78, 5) is 0. The van der Waals surface area contributed by atoms with E-state index in [0.717, 1.165) is 6.42 Å². The maximum atomic E-state index is 6.15. The van der Waals surface area contributed by atoms with E-state index in [4.69, 9.17) is 5.73 Å². The molecule has 0 amide bonds. The molecular formula is C11H17ClIN. The lowest BCUT2D eigenvalue weighted by Gasteiger charge is -2.19. The Labute approximate surface area is 106 Å². The van der Waals surface area contributed by atoms with Gasteiger partial charge in [0.25, 0.3) is 0 Å². The molecule has 0 bridgehead atoms. The molecule has 1 nitrogen and oxygen atoms in total. The lowest BCUT2D eigenvalue weighted by atomic mass is 9.93. The van der Waals surface area contributed by atoms with Crippen molar-refractivity contribution in [2.75, 3.05) is 0 Å². The van der Waals surface area contributed by atoms with E-state index in [9.17, 15) is 0 Å². The van der Waals surface area contributed by atoms with Gasteiger partial charge < -0.3 is 5.73 Å². The monoisotopic (exact) mass is 325 g/mol. The molecular weight excluding hydrogens is 308 g/mol. The highest BCUT2D eigenvalue weighted by Crippen LogP contribution is 2.25. The quantitative estimate of drug-likeness (QED) is 0.841. The highest BCUT2D eigenvalue weighted by atomic mass is 127. The van der Waals surface area contributed by atoms with Crippen molar-refractivity contribution in [1.82, 2.24) is 0 Å². The van der Waals surface area contributed by atoms with Gasteiger partial charge in [-0.05, 0) is 40.1 Å². The van der Waals surface area contributed by atoms with E-state index in [-0.39, 0.29) is 18.4 Å². The number of nitrogens with two attached hydrogens (primary N) is 1. The Bertz CT molecular complexity index is 278. The molecule has 0 spiro atoms. The molecule has 1 rings (SSSR count). The van der Waals surface area contributed by atoms with Gasteiger partial charge in [0.15, 0.2) is 0 Å². The first-order chi connectivity index (χ1) is 6.16. The minimum Gasteiger partial charge on any atom is -0.324 e. The second-order valence-electron chi connectivity index (χ2n) is 3.43. The van der Waals surface area contributed by atoms with Crippen molar-refractivity contribution >= 4 is 35.0 Å². The van der Waals surface area contributed by atoms with Crippen molar-refractivity contribution in [3.63, 3.8) is 0 Å². The third-order valence-electron chi connectivity index (χ3n) is 2.52. The number of benzene rings is 1. The van der Waals surface area contributed by atoms with Gasteiger partial charge in [-0.15, -0.1) is 12.4 Å². The van der Waals surface area contributed by atoms with Crippen LogP contribution in [0.4, 0.5) is 0 Å². The Kier molecular flexibility index (Phi) is 6.74. The Hall–Kier alpha value is 0.200. The van der Waals surface area contributed by atoms with Crippen LogP contribution in [-0.4, -0.2) is 0 Å². The third-order valence-corrected chi connectivity index (χ3v) is 3.50. The summed E-state index contributed by atoms with van der Waals surface area (Å²) in [6.07, 6.45) is 1.13. The van der Waals surface area contributed by atoms with Gasteiger partial charge in [-0.2, -0.15) is 0 Å². The van der Waals surface area contributed by atoms with E-state index < -0.39 is 0 Å². The van der Waals surface area contributed by atoms with Crippen molar-refractivity contribution in [3.8, 4) is 0 Å². The van der Waals surface area contributed by atoms with Crippen LogP contribution in [0.2, 0.25) is 0 Å². The molecule has 1 aromatic carbocycles. The van der Waals surface area contributed by atoms with Crippen molar-refractivity contribution in [3.05, 3.63) is 33.4 Å². The van der Waals surface area contributed by atoms with Gasteiger partial charge in [0.05, 0.1) is 0 Å². The minimum atomic E-state index is 0. The minimum absolute atomic E-state index is 0. The van der Waals surface area contributed by atoms with Crippen LogP contribution in [-0.2, 0) is 0 Å². The maximum absolute atomic E-state index is 6.15. The first kappa shape index (κ1) is 14.2. The van der Waals surface area contributed by atoms with E-state index in [1.807, 2.05) is 0 Å². The largest absolute Gasteiger partial charge is 0.324 e. The molecule has 0 heterocycles. The van der Waals surface area contributed by atoms with Crippen molar-refractivity contribution < 1.29 is 0 Å². The fourth-order valence-corrected chi connectivity index (χ4v) is 2.05. The molecule has 0 aliphatic carbocycles. The zero-order chi connectivity index (χ0) is 9.84. The van der Waals surface area contributed by atoms with Crippen LogP contribution in [0.25, 0.3) is 0 Å². The van der Waals surface area contributed by atoms with Crippen LogP contribution in [0.15, 0.2) is 24.3 Å². The SMILES string of the molecule is CCC(C)[C@H](N)c1ccccc1I.Cl. The molecule has 14 heavy (non-hydrogen) atoms. The molecule has 0 saturated heterocycles. The van der Waals surface area contributed by atoms with E-state index >= 15 is 0 Å². The number of hydrogen-bond donors (Lipinski definition) is 1. The topological polar surface area (TPSA) is 26.0 Å². The third kappa shape index (κ3) is 3.41. The molecule has 0 aliphatic rings. The highest BCUT2D eigenvalue weighted by Gasteiger charge is 2.14. The summed E-state index contributed by atoms with van der Waals surface area (Å²) in [6.45, 7) is 4.38. The molecule has 80 valence electrons. The summed E-state index contributed by atoms with van der Waals surface area (Å²) in [6, 6.07) is 8.52. The van der Waals surface area contributed by atoms with Gasteiger partial charge in [-0.25, -0.2) is 0 Å². The predicted molar refractivity (Wildman–Crippen MR) is 72.8 cm³/mol. The molecule has 3 heteroatoms. The highest BCUT2D eigenvalue weighted by molar-refractivity contribution is 14.1. The number of rotatable bonds is 3. The molecule has 0 fully saturated rings. The number of hydrogen-bond acceptors (Lipinski definition) is 1. The van der Waals surface area contributed by atoms with E-state index in [1.54, 1.807) is 0 Å². The maximum Gasteiger partial charge on any atom is 0.0331 e. The van der Waals surface area contributed by atoms with Crippen molar-refractivity contribution in [1.29, 1.82) is 0 Å². The van der Waals surface area contributed by atoms with Crippen molar-refractivity contribution in [2.45, 2.75) is 26.3 Å². The molecule has 2 atom stereocenters. The van der Waals surface area contributed by atoms with Crippen LogP contribution in [0, 0.1) is 9.49 Å². The number of halogens is 2. The van der Waals surface area contributed by atoms with Crippen LogP contribution >= 0.6 is 35.0 Å². The smallest absolute Gasteiger partial charge is 0.0331 e. The molecule has 0 radical (unpaired) electrons.